The van der Waals surface area contributed by atoms with Gasteiger partial charge in [-0.15, -0.1) is 12.4 Å². The number of hydrogen-bond acceptors (Lipinski definition) is 2. The van der Waals surface area contributed by atoms with Crippen LogP contribution in [0, 0.1) is 0 Å². The third-order valence-corrected chi connectivity index (χ3v) is 4.95. The van der Waals surface area contributed by atoms with Gasteiger partial charge in [-0.1, -0.05) is 85.6 Å². The third-order valence-electron chi connectivity index (χ3n) is 4.58. The molecule has 0 saturated carbocycles. The second-order valence-corrected chi connectivity index (χ2v) is 7.07. The molecule has 3 aromatic rings. The highest BCUT2D eigenvalue weighted by molar-refractivity contribution is 6.31. The van der Waals surface area contributed by atoms with E-state index in [9.17, 15) is 0 Å². The number of benzene rings is 3. The first-order valence-electron chi connectivity index (χ1n) is 9.49. The van der Waals surface area contributed by atoms with Crippen molar-refractivity contribution >= 4 is 24.0 Å². The fraction of sp³-hybridized carbons (Fsp3) is 0.250. The van der Waals surface area contributed by atoms with Crippen LogP contribution in [0.3, 0.4) is 0 Å². The van der Waals surface area contributed by atoms with Crippen LogP contribution in [0.15, 0.2) is 78.9 Å². The number of nitrogens with one attached hydrogen (secondary N) is 1. The molecule has 0 aromatic heterocycles. The van der Waals surface area contributed by atoms with E-state index in [-0.39, 0.29) is 12.4 Å². The molecule has 0 amide bonds. The normalized spacial score (nSPS) is 11.5. The molecule has 0 bridgehead atoms. The van der Waals surface area contributed by atoms with Gasteiger partial charge in [-0.05, 0) is 35.7 Å². The summed E-state index contributed by atoms with van der Waals surface area (Å²) < 4.78 is 5.94. The molecule has 1 atom stereocenters. The SMILES string of the molecule is CCCC(NCc1cccc(OCc2ccccc2Cl)c1)c1ccccc1.Cl. The van der Waals surface area contributed by atoms with Gasteiger partial charge >= 0.3 is 0 Å². The number of rotatable bonds is 9. The number of hydrogen-bond donors (Lipinski definition) is 1. The average Bonchev–Trinajstić information content (AvgIpc) is 2.71. The molecular formula is C24H27Cl2NO. The second-order valence-electron chi connectivity index (χ2n) is 6.66. The van der Waals surface area contributed by atoms with E-state index in [1.165, 1.54) is 11.1 Å². The van der Waals surface area contributed by atoms with Crippen LogP contribution in [0.4, 0.5) is 0 Å². The molecule has 4 heteroatoms. The Kier molecular flexibility index (Phi) is 9.36. The molecule has 148 valence electrons. The zero-order valence-electron chi connectivity index (χ0n) is 16.1. The Labute approximate surface area is 179 Å². The van der Waals surface area contributed by atoms with Crippen LogP contribution in [-0.2, 0) is 13.2 Å². The van der Waals surface area contributed by atoms with Crippen molar-refractivity contribution in [3.8, 4) is 5.75 Å². The molecule has 0 heterocycles. The highest BCUT2D eigenvalue weighted by Gasteiger charge is 2.10. The lowest BCUT2D eigenvalue weighted by atomic mass is 10.0. The summed E-state index contributed by atoms with van der Waals surface area (Å²) in [5, 5.41) is 4.42. The minimum atomic E-state index is 0. The lowest BCUT2D eigenvalue weighted by Crippen LogP contribution is -2.20. The monoisotopic (exact) mass is 415 g/mol. The van der Waals surface area contributed by atoms with Crippen LogP contribution in [0.25, 0.3) is 0 Å². The van der Waals surface area contributed by atoms with E-state index < -0.39 is 0 Å². The van der Waals surface area contributed by atoms with Crippen molar-refractivity contribution < 1.29 is 4.74 Å². The molecule has 1 unspecified atom stereocenters. The first kappa shape index (κ1) is 22.3. The van der Waals surface area contributed by atoms with Gasteiger partial charge in [-0.3, -0.25) is 0 Å². The maximum absolute atomic E-state index is 6.20. The molecule has 3 rings (SSSR count). The zero-order valence-corrected chi connectivity index (χ0v) is 17.7. The largest absolute Gasteiger partial charge is 0.489 e. The summed E-state index contributed by atoms with van der Waals surface area (Å²) in [4.78, 5) is 0. The van der Waals surface area contributed by atoms with Crippen molar-refractivity contribution in [1.29, 1.82) is 0 Å². The first-order chi connectivity index (χ1) is 13.3. The standard InChI is InChI=1S/C24H26ClNO.ClH/c1-2-9-24(20-11-4-3-5-12-20)26-17-19-10-8-14-22(16-19)27-18-21-13-6-7-15-23(21)25;/h3-8,10-16,24,26H,2,9,17-18H2,1H3;1H. The Morgan fingerprint density at radius 2 is 1.68 bits per heavy atom. The summed E-state index contributed by atoms with van der Waals surface area (Å²) in [7, 11) is 0. The highest BCUT2D eigenvalue weighted by atomic mass is 35.5. The lowest BCUT2D eigenvalue weighted by Gasteiger charge is -2.19. The van der Waals surface area contributed by atoms with Crippen LogP contribution in [0.1, 0.15) is 42.5 Å². The topological polar surface area (TPSA) is 21.3 Å². The van der Waals surface area contributed by atoms with Crippen LogP contribution < -0.4 is 10.1 Å². The molecule has 0 aliphatic heterocycles. The molecule has 0 aliphatic carbocycles. The maximum atomic E-state index is 6.20. The molecule has 0 saturated heterocycles. The molecule has 3 aromatic carbocycles. The second kappa shape index (κ2) is 11.8. The molecule has 1 N–H and O–H groups in total. The van der Waals surface area contributed by atoms with E-state index >= 15 is 0 Å². The van der Waals surface area contributed by atoms with Gasteiger partial charge in [0.25, 0.3) is 0 Å². The maximum Gasteiger partial charge on any atom is 0.120 e. The summed E-state index contributed by atoms with van der Waals surface area (Å²) >= 11 is 6.20. The fourth-order valence-electron chi connectivity index (χ4n) is 3.12. The lowest BCUT2D eigenvalue weighted by molar-refractivity contribution is 0.306. The van der Waals surface area contributed by atoms with Gasteiger partial charge < -0.3 is 10.1 Å². The molecule has 2 nitrogen and oxygen atoms in total. The molecule has 0 radical (unpaired) electrons. The van der Waals surface area contributed by atoms with Gasteiger partial charge in [0.05, 0.1) is 0 Å². The van der Waals surface area contributed by atoms with Crippen LogP contribution in [-0.4, -0.2) is 0 Å². The summed E-state index contributed by atoms with van der Waals surface area (Å²) in [6, 6.07) is 27.0. The smallest absolute Gasteiger partial charge is 0.120 e. The van der Waals surface area contributed by atoms with Crippen LogP contribution >= 0.6 is 24.0 Å². The Hall–Kier alpha value is -2.00. The minimum absolute atomic E-state index is 0. The van der Waals surface area contributed by atoms with Gasteiger partial charge in [0.2, 0.25) is 0 Å². The van der Waals surface area contributed by atoms with E-state index in [1.807, 2.05) is 36.4 Å². The van der Waals surface area contributed by atoms with E-state index in [1.54, 1.807) is 0 Å². The summed E-state index contributed by atoms with van der Waals surface area (Å²) in [6.45, 7) is 3.50. The fourth-order valence-corrected chi connectivity index (χ4v) is 3.31. The number of halogens is 2. The Bertz CT molecular complexity index is 839. The van der Waals surface area contributed by atoms with Crippen molar-refractivity contribution in [2.75, 3.05) is 0 Å². The molecule has 28 heavy (non-hydrogen) atoms. The quantitative estimate of drug-likeness (QED) is 0.407. The van der Waals surface area contributed by atoms with E-state index in [0.29, 0.717) is 12.6 Å². The van der Waals surface area contributed by atoms with Crippen LogP contribution in [0.2, 0.25) is 5.02 Å². The zero-order chi connectivity index (χ0) is 18.9. The van der Waals surface area contributed by atoms with Crippen molar-refractivity contribution in [2.24, 2.45) is 0 Å². The Morgan fingerprint density at radius 3 is 2.43 bits per heavy atom. The van der Waals surface area contributed by atoms with E-state index in [2.05, 4.69) is 54.7 Å². The van der Waals surface area contributed by atoms with Crippen LogP contribution in [0.5, 0.6) is 5.75 Å². The predicted octanol–water partition coefficient (Wildman–Crippen LogP) is 6.97. The first-order valence-corrected chi connectivity index (χ1v) is 9.87. The highest BCUT2D eigenvalue weighted by Crippen LogP contribution is 2.21. The van der Waals surface area contributed by atoms with Crippen molar-refractivity contribution in [1.82, 2.24) is 5.32 Å². The van der Waals surface area contributed by atoms with Gasteiger partial charge in [0.1, 0.15) is 12.4 Å². The molecule has 0 aliphatic rings. The van der Waals surface area contributed by atoms with Crippen molar-refractivity contribution in [3.05, 3.63) is 101 Å². The van der Waals surface area contributed by atoms with E-state index in [0.717, 1.165) is 35.7 Å². The summed E-state index contributed by atoms with van der Waals surface area (Å²) in [6.07, 6.45) is 2.26. The van der Waals surface area contributed by atoms with Gasteiger partial charge in [-0.25, -0.2) is 0 Å². The van der Waals surface area contributed by atoms with Gasteiger partial charge in [0, 0.05) is 23.2 Å². The van der Waals surface area contributed by atoms with E-state index in [4.69, 9.17) is 16.3 Å². The minimum Gasteiger partial charge on any atom is -0.489 e. The molecule has 0 spiro atoms. The number of ether oxygens (including phenoxy) is 1. The predicted molar refractivity (Wildman–Crippen MR) is 120 cm³/mol. The summed E-state index contributed by atoms with van der Waals surface area (Å²) in [5.41, 5.74) is 3.55. The summed E-state index contributed by atoms with van der Waals surface area (Å²) in [5.74, 6) is 0.862. The van der Waals surface area contributed by atoms with Gasteiger partial charge in [0.15, 0.2) is 0 Å². The van der Waals surface area contributed by atoms with Crippen molar-refractivity contribution in [2.45, 2.75) is 39.0 Å². The van der Waals surface area contributed by atoms with Gasteiger partial charge in [-0.2, -0.15) is 0 Å². The average molecular weight is 416 g/mol. The molecular weight excluding hydrogens is 389 g/mol. The Morgan fingerprint density at radius 1 is 0.929 bits per heavy atom. The Balaban J connectivity index is 0.00000280. The third kappa shape index (κ3) is 6.56. The van der Waals surface area contributed by atoms with Crippen molar-refractivity contribution in [3.63, 3.8) is 0 Å². The molecule has 0 fully saturated rings.